The van der Waals surface area contributed by atoms with Gasteiger partial charge >= 0.3 is 5.97 Å². The zero-order chi connectivity index (χ0) is 12.6. The van der Waals surface area contributed by atoms with Crippen LogP contribution in [-0.2, 0) is 0 Å². The molecule has 0 aromatic heterocycles. The van der Waals surface area contributed by atoms with Crippen LogP contribution in [0.25, 0.3) is 10.8 Å². The topological polar surface area (TPSA) is 101 Å². The van der Waals surface area contributed by atoms with E-state index in [0.29, 0.717) is 5.39 Å². The molecule has 2 N–H and O–H groups in total. The molecule has 0 aliphatic rings. The molecule has 0 radical (unpaired) electrons. The molecular formula is C11H7NO5. The molecule has 0 atom stereocenters. The van der Waals surface area contributed by atoms with E-state index in [1.54, 1.807) is 0 Å². The summed E-state index contributed by atoms with van der Waals surface area (Å²) in [6.07, 6.45) is 0. The number of aromatic hydroxyl groups is 1. The summed E-state index contributed by atoms with van der Waals surface area (Å²) in [7, 11) is 0. The van der Waals surface area contributed by atoms with Crippen LogP contribution in [0.15, 0.2) is 30.3 Å². The largest absolute Gasteiger partial charge is 0.507 e. The normalized spacial score (nSPS) is 10.4. The minimum absolute atomic E-state index is 0.125. The minimum atomic E-state index is -1.28. The second-order valence-corrected chi connectivity index (χ2v) is 3.43. The van der Waals surface area contributed by atoms with E-state index in [1.165, 1.54) is 30.3 Å². The lowest BCUT2D eigenvalue weighted by atomic mass is 10.0. The molecule has 0 fully saturated rings. The molecule has 0 saturated heterocycles. The Hall–Kier alpha value is -2.63. The summed E-state index contributed by atoms with van der Waals surface area (Å²) in [6, 6.07) is 6.42. The average Bonchev–Trinajstić information content (AvgIpc) is 2.27. The first-order valence-corrected chi connectivity index (χ1v) is 4.64. The summed E-state index contributed by atoms with van der Waals surface area (Å²) in [4.78, 5) is 21.0. The number of nitro benzene ring substituents is 1. The zero-order valence-electron chi connectivity index (χ0n) is 8.45. The molecule has 0 saturated carbocycles. The summed E-state index contributed by atoms with van der Waals surface area (Å²) in [5.41, 5.74) is -0.378. The Morgan fingerprint density at radius 3 is 2.53 bits per heavy atom. The lowest BCUT2D eigenvalue weighted by Crippen LogP contribution is -1.98. The number of hydrogen-bond acceptors (Lipinski definition) is 4. The van der Waals surface area contributed by atoms with Gasteiger partial charge in [-0.2, -0.15) is 0 Å². The van der Waals surface area contributed by atoms with Gasteiger partial charge in [-0.1, -0.05) is 6.07 Å². The number of nitrogens with zero attached hydrogens (tertiary/aromatic N) is 1. The van der Waals surface area contributed by atoms with Gasteiger partial charge in [0.1, 0.15) is 11.3 Å². The van der Waals surface area contributed by atoms with Crippen molar-refractivity contribution >= 4 is 22.4 Å². The number of carbonyl (C=O) groups is 1. The van der Waals surface area contributed by atoms with Gasteiger partial charge in [-0.15, -0.1) is 0 Å². The molecule has 0 amide bonds. The number of rotatable bonds is 2. The molecule has 2 aromatic carbocycles. The van der Waals surface area contributed by atoms with Crippen molar-refractivity contribution in [3.63, 3.8) is 0 Å². The van der Waals surface area contributed by atoms with Gasteiger partial charge in [-0.3, -0.25) is 10.1 Å². The number of benzene rings is 2. The van der Waals surface area contributed by atoms with E-state index in [2.05, 4.69) is 0 Å². The van der Waals surface area contributed by atoms with Crippen LogP contribution in [0.2, 0.25) is 0 Å². The van der Waals surface area contributed by atoms with E-state index in [0.717, 1.165) is 0 Å². The van der Waals surface area contributed by atoms with Crippen LogP contribution in [0.3, 0.4) is 0 Å². The van der Waals surface area contributed by atoms with Gasteiger partial charge in [-0.25, -0.2) is 4.79 Å². The Kier molecular flexibility index (Phi) is 2.40. The monoisotopic (exact) mass is 233 g/mol. The molecule has 0 aliphatic carbocycles. The smallest absolute Gasteiger partial charge is 0.340 e. The standard InChI is InChI=1S/C11H7NO5/c13-9-4-1-6-5-7(12(16)17)2-3-8(6)10(9)11(14)15/h1-5,13H,(H,14,15). The van der Waals surface area contributed by atoms with Gasteiger partial charge in [0.25, 0.3) is 5.69 Å². The third-order valence-corrected chi connectivity index (χ3v) is 2.41. The van der Waals surface area contributed by atoms with Crippen molar-refractivity contribution in [1.82, 2.24) is 0 Å². The van der Waals surface area contributed by atoms with Gasteiger partial charge in [0, 0.05) is 17.5 Å². The Morgan fingerprint density at radius 1 is 1.24 bits per heavy atom. The van der Waals surface area contributed by atoms with Crippen molar-refractivity contribution in [3.8, 4) is 5.75 Å². The highest BCUT2D eigenvalue weighted by atomic mass is 16.6. The first-order chi connectivity index (χ1) is 8.00. The molecule has 6 heteroatoms. The molecule has 0 bridgehead atoms. The number of fused-ring (bicyclic) bond motifs is 1. The summed E-state index contributed by atoms with van der Waals surface area (Å²) in [5.74, 6) is -1.64. The predicted molar refractivity (Wildman–Crippen MR) is 59.2 cm³/mol. The zero-order valence-corrected chi connectivity index (χ0v) is 8.45. The van der Waals surface area contributed by atoms with E-state index in [-0.39, 0.29) is 22.4 Å². The van der Waals surface area contributed by atoms with Crippen molar-refractivity contribution in [2.75, 3.05) is 0 Å². The molecule has 17 heavy (non-hydrogen) atoms. The minimum Gasteiger partial charge on any atom is -0.507 e. The van der Waals surface area contributed by atoms with Crippen LogP contribution in [0.1, 0.15) is 10.4 Å². The van der Waals surface area contributed by atoms with Gasteiger partial charge < -0.3 is 10.2 Å². The number of nitro groups is 1. The molecular weight excluding hydrogens is 226 g/mol. The van der Waals surface area contributed by atoms with Crippen molar-refractivity contribution in [3.05, 3.63) is 46.0 Å². The Balaban J connectivity index is 2.79. The quantitative estimate of drug-likeness (QED) is 0.611. The average molecular weight is 233 g/mol. The molecule has 6 nitrogen and oxygen atoms in total. The Morgan fingerprint density at radius 2 is 1.94 bits per heavy atom. The summed E-state index contributed by atoms with van der Waals surface area (Å²) in [6.45, 7) is 0. The van der Waals surface area contributed by atoms with E-state index in [1.807, 2.05) is 0 Å². The summed E-state index contributed by atoms with van der Waals surface area (Å²) < 4.78 is 0. The van der Waals surface area contributed by atoms with Crippen LogP contribution in [0, 0.1) is 10.1 Å². The number of hydrogen-bond donors (Lipinski definition) is 2. The Labute approximate surface area is 94.9 Å². The molecule has 2 rings (SSSR count). The first-order valence-electron chi connectivity index (χ1n) is 4.64. The summed E-state index contributed by atoms with van der Waals surface area (Å²) in [5, 5.41) is 29.6. The fraction of sp³-hybridized carbons (Fsp3) is 0. The fourth-order valence-electron chi connectivity index (χ4n) is 1.64. The van der Waals surface area contributed by atoms with Crippen LogP contribution in [0.5, 0.6) is 5.75 Å². The van der Waals surface area contributed by atoms with Crippen LogP contribution >= 0.6 is 0 Å². The van der Waals surface area contributed by atoms with Crippen molar-refractivity contribution in [2.45, 2.75) is 0 Å². The molecule has 2 aromatic rings. The molecule has 0 spiro atoms. The van der Waals surface area contributed by atoms with Crippen molar-refractivity contribution in [2.24, 2.45) is 0 Å². The molecule has 0 heterocycles. The Bertz CT molecular complexity index is 635. The van der Waals surface area contributed by atoms with E-state index in [9.17, 15) is 20.0 Å². The fourth-order valence-corrected chi connectivity index (χ4v) is 1.64. The van der Waals surface area contributed by atoms with Crippen molar-refractivity contribution in [1.29, 1.82) is 0 Å². The number of aromatic carboxylic acids is 1. The second kappa shape index (κ2) is 3.75. The molecule has 0 aliphatic heterocycles. The first kappa shape index (κ1) is 10.9. The molecule has 86 valence electrons. The lowest BCUT2D eigenvalue weighted by Gasteiger charge is -2.04. The predicted octanol–water partition coefficient (Wildman–Crippen LogP) is 2.15. The van der Waals surface area contributed by atoms with E-state index < -0.39 is 10.9 Å². The SMILES string of the molecule is O=C(O)c1c(O)ccc2cc([N+](=O)[O-])ccc12. The third-order valence-electron chi connectivity index (χ3n) is 2.41. The van der Waals surface area contributed by atoms with Gasteiger partial charge in [0.05, 0.1) is 4.92 Å². The highest BCUT2D eigenvalue weighted by Crippen LogP contribution is 2.29. The second-order valence-electron chi connectivity index (χ2n) is 3.43. The molecule has 0 unspecified atom stereocenters. The maximum atomic E-state index is 11.0. The summed E-state index contributed by atoms with van der Waals surface area (Å²) >= 11 is 0. The van der Waals surface area contributed by atoms with Crippen LogP contribution in [0.4, 0.5) is 5.69 Å². The maximum absolute atomic E-state index is 11.0. The highest BCUT2D eigenvalue weighted by molar-refractivity contribution is 6.06. The van der Waals surface area contributed by atoms with Gasteiger partial charge in [-0.05, 0) is 17.5 Å². The number of phenols is 1. The highest BCUT2D eigenvalue weighted by Gasteiger charge is 2.16. The van der Waals surface area contributed by atoms with Crippen LogP contribution < -0.4 is 0 Å². The van der Waals surface area contributed by atoms with E-state index in [4.69, 9.17) is 5.11 Å². The van der Waals surface area contributed by atoms with Gasteiger partial charge in [0.15, 0.2) is 0 Å². The number of carboxylic acid groups (broad SMARTS) is 1. The number of non-ortho nitro benzene ring substituents is 1. The van der Waals surface area contributed by atoms with Crippen molar-refractivity contribution < 1.29 is 19.9 Å². The van der Waals surface area contributed by atoms with Gasteiger partial charge in [0.2, 0.25) is 0 Å². The maximum Gasteiger partial charge on any atom is 0.340 e. The lowest BCUT2D eigenvalue weighted by molar-refractivity contribution is -0.384. The van der Waals surface area contributed by atoms with Crippen LogP contribution in [-0.4, -0.2) is 21.1 Å². The number of carboxylic acids is 1. The van der Waals surface area contributed by atoms with E-state index >= 15 is 0 Å². The third kappa shape index (κ3) is 1.76.